The predicted molar refractivity (Wildman–Crippen MR) is 107 cm³/mol. The largest absolute Gasteiger partial charge is 0.452 e. The molecule has 0 saturated carbocycles. The van der Waals surface area contributed by atoms with Crippen LogP contribution in [0.2, 0.25) is 0 Å². The Bertz CT molecular complexity index is 1030. The monoisotopic (exact) mass is 434 g/mol. The van der Waals surface area contributed by atoms with E-state index < -0.39 is 46.2 Å². The van der Waals surface area contributed by atoms with Gasteiger partial charge in [0.05, 0.1) is 28.2 Å². The van der Waals surface area contributed by atoms with E-state index in [1.54, 1.807) is 6.92 Å². The first-order chi connectivity index (χ1) is 14.2. The average molecular weight is 434 g/mol. The molecule has 0 radical (unpaired) electrons. The highest BCUT2D eigenvalue weighted by Gasteiger charge is 2.36. The molecule has 1 saturated heterocycles. The molecule has 2 aliphatic rings. The summed E-state index contributed by atoms with van der Waals surface area (Å²) in [6.45, 7) is 5.05. The second kappa shape index (κ2) is 8.39. The third-order valence-corrected chi connectivity index (χ3v) is 6.91. The summed E-state index contributed by atoms with van der Waals surface area (Å²) in [5.41, 5.74) is 0.317. The summed E-state index contributed by atoms with van der Waals surface area (Å²) < 4.78 is 28.4. The molecule has 1 fully saturated rings. The summed E-state index contributed by atoms with van der Waals surface area (Å²) >= 11 is 0. The number of benzene rings is 1. The van der Waals surface area contributed by atoms with Crippen molar-refractivity contribution in [2.75, 3.05) is 31.2 Å². The Morgan fingerprint density at radius 3 is 2.57 bits per heavy atom. The first-order valence-electron chi connectivity index (χ1n) is 9.46. The van der Waals surface area contributed by atoms with E-state index in [9.17, 15) is 27.6 Å². The molecule has 160 valence electrons. The lowest BCUT2D eigenvalue weighted by molar-refractivity contribution is -0.136. The molecule has 2 heterocycles. The highest BCUT2D eigenvalue weighted by molar-refractivity contribution is 7.91. The van der Waals surface area contributed by atoms with Crippen molar-refractivity contribution >= 4 is 33.5 Å². The molecular weight excluding hydrogens is 412 g/mol. The number of imide groups is 1. The van der Waals surface area contributed by atoms with Gasteiger partial charge in [-0.25, -0.2) is 13.2 Å². The Morgan fingerprint density at radius 1 is 1.27 bits per heavy atom. The summed E-state index contributed by atoms with van der Waals surface area (Å²) in [5.74, 6) is -2.36. The second-order valence-electron chi connectivity index (χ2n) is 7.08. The van der Waals surface area contributed by atoms with Gasteiger partial charge in [-0.3, -0.25) is 19.3 Å². The Morgan fingerprint density at radius 2 is 1.97 bits per heavy atom. The van der Waals surface area contributed by atoms with Crippen LogP contribution in [0.3, 0.4) is 0 Å². The highest BCUT2D eigenvalue weighted by Crippen LogP contribution is 2.24. The lowest BCUT2D eigenvalue weighted by Gasteiger charge is -2.26. The SMILES string of the molecule is C=CCN1C(=O)c2ccc(C(=O)OCC(=O)N(CC)[C@H]3CCS(=O)(=O)C3)cc2C1=O. The number of hydrogen-bond donors (Lipinski definition) is 0. The molecule has 1 aromatic carbocycles. The maximum Gasteiger partial charge on any atom is 0.338 e. The Labute approximate surface area is 174 Å². The minimum Gasteiger partial charge on any atom is -0.452 e. The van der Waals surface area contributed by atoms with Crippen LogP contribution in [0.4, 0.5) is 0 Å². The number of fused-ring (bicyclic) bond motifs is 1. The zero-order valence-electron chi connectivity index (χ0n) is 16.5. The molecule has 0 aromatic heterocycles. The number of nitrogens with zero attached hydrogens (tertiary/aromatic N) is 2. The van der Waals surface area contributed by atoms with Crippen LogP contribution < -0.4 is 0 Å². The fourth-order valence-corrected chi connectivity index (χ4v) is 5.40. The number of esters is 1. The number of likely N-dealkylation sites (N-methyl/N-ethyl adjacent to an activating group) is 1. The van der Waals surface area contributed by atoms with Gasteiger partial charge in [-0.15, -0.1) is 6.58 Å². The van der Waals surface area contributed by atoms with Gasteiger partial charge >= 0.3 is 5.97 Å². The minimum atomic E-state index is -3.15. The maximum absolute atomic E-state index is 12.4. The molecule has 3 amide bonds. The zero-order valence-corrected chi connectivity index (χ0v) is 17.3. The van der Waals surface area contributed by atoms with Gasteiger partial charge in [-0.2, -0.15) is 0 Å². The van der Waals surface area contributed by atoms with Gasteiger partial charge in [0.1, 0.15) is 0 Å². The molecule has 2 aliphatic heterocycles. The van der Waals surface area contributed by atoms with Crippen molar-refractivity contribution in [2.45, 2.75) is 19.4 Å². The summed E-state index contributed by atoms with van der Waals surface area (Å²) in [6.07, 6.45) is 1.79. The number of rotatable bonds is 7. The molecule has 30 heavy (non-hydrogen) atoms. The van der Waals surface area contributed by atoms with Crippen LogP contribution in [-0.2, 0) is 19.4 Å². The quantitative estimate of drug-likeness (QED) is 0.351. The lowest BCUT2D eigenvalue weighted by Crippen LogP contribution is -2.43. The standard InChI is InChI=1S/C20H22N2O7S/c1-3-8-22-18(24)15-6-5-13(10-16(15)19(22)25)20(26)29-11-17(23)21(4-2)14-7-9-30(27,28)12-14/h3,5-6,10,14H,1,4,7-9,11-12H2,2H3/t14-/m0/s1. The van der Waals surface area contributed by atoms with Crippen molar-refractivity contribution < 1.29 is 32.3 Å². The van der Waals surface area contributed by atoms with E-state index in [1.165, 1.54) is 29.2 Å². The second-order valence-corrected chi connectivity index (χ2v) is 9.31. The molecule has 1 atom stereocenters. The summed E-state index contributed by atoms with van der Waals surface area (Å²) in [5, 5.41) is 0. The third-order valence-electron chi connectivity index (χ3n) is 5.16. The van der Waals surface area contributed by atoms with Crippen molar-refractivity contribution in [2.24, 2.45) is 0 Å². The molecule has 0 aliphatic carbocycles. The van der Waals surface area contributed by atoms with Crippen LogP contribution in [0.1, 0.15) is 44.4 Å². The molecule has 10 heteroatoms. The first-order valence-corrected chi connectivity index (χ1v) is 11.3. The zero-order chi connectivity index (χ0) is 22.1. The number of sulfone groups is 1. The molecule has 0 unspecified atom stereocenters. The van der Waals surface area contributed by atoms with Crippen LogP contribution in [0.15, 0.2) is 30.9 Å². The maximum atomic E-state index is 12.4. The van der Waals surface area contributed by atoms with E-state index >= 15 is 0 Å². The topological polar surface area (TPSA) is 118 Å². The van der Waals surface area contributed by atoms with Crippen LogP contribution in [-0.4, -0.2) is 79.2 Å². The molecule has 0 bridgehead atoms. The smallest absolute Gasteiger partial charge is 0.338 e. The van der Waals surface area contributed by atoms with E-state index in [1.807, 2.05) is 0 Å². The molecule has 1 aromatic rings. The van der Waals surface area contributed by atoms with Crippen molar-refractivity contribution in [3.8, 4) is 0 Å². The molecule has 0 N–H and O–H groups in total. The van der Waals surface area contributed by atoms with Gasteiger partial charge in [-0.1, -0.05) is 6.08 Å². The van der Waals surface area contributed by atoms with E-state index in [2.05, 4.69) is 6.58 Å². The number of carbonyl (C=O) groups is 4. The van der Waals surface area contributed by atoms with Crippen LogP contribution in [0.25, 0.3) is 0 Å². The molecule has 9 nitrogen and oxygen atoms in total. The number of hydrogen-bond acceptors (Lipinski definition) is 7. The summed E-state index contributed by atoms with van der Waals surface area (Å²) in [6, 6.07) is 3.58. The summed E-state index contributed by atoms with van der Waals surface area (Å²) in [4.78, 5) is 51.8. The normalized spacial score (nSPS) is 19.5. The molecular formula is C20H22N2O7S. The van der Waals surface area contributed by atoms with Crippen LogP contribution in [0.5, 0.6) is 0 Å². The summed E-state index contributed by atoms with van der Waals surface area (Å²) in [7, 11) is -3.15. The van der Waals surface area contributed by atoms with Gasteiger partial charge in [-0.05, 0) is 31.5 Å². The van der Waals surface area contributed by atoms with Gasteiger partial charge in [0.25, 0.3) is 17.7 Å². The van der Waals surface area contributed by atoms with Crippen molar-refractivity contribution in [3.05, 3.63) is 47.5 Å². The van der Waals surface area contributed by atoms with Crippen molar-refractivity contribution in [1.82, 2.24) is 9.80 Å². The number of amides is 3. The van der Waals surface area contributed by atoms with Crippen LogP contribution in [0, 0.1) is 0 Å². The number of carbonyl (C=O) groups excluding carboxylic acids is 4. The average Bonchev–Trinajstić information content (AvgIpc) is 3.18. The third kappa shape index (κ3) is 4.13. The highest BCUT2D eigenvalue weighted by atomic mass is 32.2. The van der Waals surface area contributed by atoms with Crippen LogP contribution >= 0.6 is 0 Å². The van der Waals surface area contributed by atoms with E-state index in [-0.39, 0.29) is 34.7 Å². The first kappa shape index (κ1) is 21.7. The minimum absolute atomic E-state index is 0.0337. The van der Waals surface area contributed by atoms with E-state index in [4.69, 9.17) is 4.74 Å². The predicted octanol–water partition coefficient (Wildman–Crippen LogP) is 0.661. The molecule has 0 spiro atoms. The Balaban J connectivity index is 1.66. The Kier molecular flexibility index (Phi) is 6.06. The van der Waals surface area contributed by atoms with E-state index in [0.29, 0.717) is 13.0 Å². The van der Waals surface area contributed by atoms with Crippen molar-refractivity contribution in [3.63, 3.8) is 0 Å². The van der Waals surface area contributed by atoms with Gasteiger partial charge < -0.3 is 9.64 Å². The Hall–Kier alpha value is -3.01. The van der Waals surface area contributed by atoms with E-state index in [0.717, 1.165) is 4.90 Å². The molecule has 3 rings (SSSR count). The fraction of sp³-hybridized carbons (Fsp3) is 0.400. The van der Waals surface area contributed by atoms with Crippen molar-refractivity contribution in [1.29, 1.82) is 0 Å². The van der Waals surface area contributed by atoms with Gasteiger partial charge in [0, 0.05) is 19.1 Å². The fourth-order valence-electron chi connectivity index (χ4n) is 3.67. The van der Waals surface area contributed by atoms with Gasteiger partial charge in [0.2, 0.25) is 0 Å². The number of ether oxygens (including phenoxy) is 1. The lowest BCUT2D eigenvalue weighted by atomic mass is 10.1. The van der Waals surface area contributed by atoms with Gasteiger partial charge in [0.15, 0.2) is 16.4 Å².